The van der Waals surface area contributed by atoms with Gasteiger partial charge in [0, 0.05) is 19.2 Å². The van der Waals surface area contributed by atoms with Crippen LogP contribution in [0, 0.1) is 5.92 Å². The molecule has 21 heavy (non-hydrogen) atoms. The zero-order valence-electron chi connectivity index (χ0n) is 13.3. The third-order valence-corrected chi connectivity index (χ3v) is 5.75. The lowest BCUT2D eigenvalue weighted by molar-refractivity contribution is -0.141. The molecule has 3 nitrogen and oxygen atoms in total. The second-order valence-electron chi connectivity index (χ2n) is 7.49. The average molecular weight is 299 g/mol. The summed E-state index contributed by atoms with van der Waals surface area (Å²) in [5, 5.41) is 3.39. The van der Waals surface area contributed by atoms with Crippen molar-refractivity contribution in [1.82, 2.24) is 5.32 Å². The van der Waals surface area contributed by atoms with Crippen molar-refractivity contribution in [1.29, 1.82) is 0 Å². The standard InChI is InChI=1S/C17H30FNO2/c1-16(18,12-15-13-20-10-8-19-15)14-5-9-21-17(11-14)6-3-2-4-7-17/h14-15,19H,2-13H2,1H3. The van der Waals surface area contributed by atoms with Crippen LogP contribution in [0.5, 0.6) is 0 Å². The number of hydrogen-bond donors (Lipinski definition) is 1. The number of alkyl halides is 1. The fourth-order valence-corrected chi connectivity index (χ4v) is 4.49. The van der Waals surface area contributed by atoms with Crippen LogP contribution in [0.25, 0.3) is 0 Å². The fourth-order valence-electron chi connectivity index (χ4n) is 4.49. The minimum Gasteiger partial charge on any atom is -0.379 e. The topological polar surface area (TPSA) is 30.5 Å². The van der Waals surface area contributed by atoms with Crippen LogP contribution < -0.4 is 5.32 Å². The summed E-state index contributed by atoms with van der Waals surface area (Å²) in [6, 6.07) is 0.166. The molecule has 0 bridgehead atoms. The van der Waals surface area contributed by atoms with Crippen molar-refractivity contribution in [3.8, 4) is 0 Å². The van der Waals surface area contributed by atoms with Crippen molar-refractivity contribution in [3.05, 3.63) is 0 Å². The zero-order chi connectivity index (χ0) is 14.8. The Labute approximate surface area is 128 Å². The highest BCUT2D eigenvalue weighted by Gasteiger charge is 2.46. The largest absolute Gasteiger partial charge is 0.379 e. The van der Waals surface area contributed by atoms with Crippen molar-refractivity contribution in [2.45, 2.75) is 75.6 Å². The summed E-state index contributed by atoms with van der Waals surface area (Å²) in [4.78, 5) is 0. The lowest BCUT2D eigenvalue weighted by Crippen LogP contribution is -2.50. The number of nitrogens with one attached hydrogen (secondary N) is 1. The summed E-state index contributed by atoms with van der Waals surface area (Å²) in [6.07, 6.45) is 8.39. The number of hydrogen-bond acceptors (Lipinski definition) is 3. The Morgan fingerprint density at radius 3 is 2.76 bits per heavy atom. The Bertz CT molecular complexity index is 330. The first-order chi connectivity index (χ1) is 10.1. The Kier molecular flexibility index (Phi) is 4.87. The molecule has 122 valence electrons. The van der Waals surface area contributed by atoms with Gasteiger partial charge >= 0.3 is 0 Å². The van der Waals surface area contributed by atoms with Crippen molar-refractivity contribution in [2.75, 3.05) is 26.4 Å². The third kappa shape index (κ3) is 3.77. The maximum Gasteiger partial charge on any atom is 0.112 e. The third-order valence-electron chi connectivity index (χ3n) is 5.75. The molecule has 0 aromatic carbocycles. The van der Waals surface area contributed by atoms with Gasteiger partial charge < -0.3 is 14.8 Å². The second-order valence-corrected chi connectivity index (χ2v) is 7.49. The number of halogens is 1. The van der Waals surface area contributed by atoms with Gasteiger partial charge in [0.2, 0.25) is 0 Å². The Morgan fingerprint density at radius 1 is 1.24 bits per heavy atom. The van der Waals surface area contributed by atoms with Gasteiger partial charge in [0.25, 0.3) is 0 Å². The highest BCUT2D eigenvalue weighted by Crippen LogP contribution is 2.45. The zero-order valence-corrected chi connectivity index (χ0v) is 13.3. The molecule has 0 aromatic rings. The van der Waals surface area contributed by atoms with E-state index in [1.54, 1.807) is 6.92 Å². The first-order valence-electron chi connectivity index (χ1n) is 8.74. The van der Waals surface area contributed by atoms with Crippen LogP contribution in [-0.4, -0.2) is 43.7 Å². The van der Waals surface area contributed by atoms with E-state index >= 15 is 4.39 Å². The molecule has 2 aliphatic heterocycles. The molecule has 1 saturated carbocycles. The van der Waals surface area contributed by atoms with E-state index in [0.717, 1.165) is 45.4 Å². The fraction of sp³-hybridized carbons (Fsp3) is 1.00. The van der Waals surface area contributed by atoms with E-state index in [1.807, 2.05) is 0 Å². The van der Waals surface area contributed by atoms with Gasteiger partial charge in [0.05, 0.1) is 18.8 Å². The van der Waals surface area contributed by atoms with E-state index in [-0.39, 0.29) is 17.6 Å². The van der Waals surface area contributed by atoms with Crippen molar-refractivity contribution >= 4 is 0 Å². The van der Waals surface area contributed by atoms with Crippen molar-refractivity contribution < 1.29 is 13.9 Å². The summed E-state index contributed by atoms with van der Waals surface area (Å²) in [7, 11) is 0. The summed E-state index contributed by atoms with van der Waals surface area (Å²) >= 11 is 0. The van der Waals surface area contributed by atoms with Crippen LogP contribution in [0.15, 0.2) is 0 Å². The molecule has 3 unspecified atom stereocenters. The monoisotopic (exact) mass is 299 g/mol. The minimum atomic E-state index is -1.12. The van der Waals surface area contributed by atoms with E-state index < -0.39 is 5.67 Å². The highest BCUT2D eigenvalue weighted by atomic mass is 19.1. The normalized spacial score (nSPS) is 36.3. The van der Waals surface area contributed by atoms with Crippen molar-refractivity contribution in [2.24, 2.45) is 5.92 Å². The number of rotatable bonds is 3. The van der Waals surface area contributed by atoms with Crippen LogP contribution >= 0.6 is 0 Å². The van der Waals surface area contributed by atoms with Crippen LogP contribution in [0.3, 0.4) is 0 Å². The molecule has 4 heteroatoms. The van der Waals surface area contributed by atoms with E-state index in [9.17, 15) is 0 Å². The first kappa shape index (κ1) is 15.7. The second kappa shape index (κ2) is 6.51. The lowest BCUT2D eigenvalue weighted by atomic mass is 9.70. The van der Waals surface area contributed by atoms with Gasteiger partial charge in [-0.2, -0.15) is 0 Å². The van der Waals surface area contributed by atoms with E-state index in [2.05, 4.69) is 5.32 Å². The lowest BCUT2D eigenvalue weighted by Gasteiger charge is -2.47. The molecule has 0 amide bonds. The summed E-state index contributed by atoms with van der Waals surface area (Å²) in [5.74, 6) is 0.132. The van der Waals surface area contributed by atoms with Gasteiger partial charge in [0.15, 0.2) is 0 Å². The van der Waals surface area contributed by atoms with E-state index in [1.165, 1.54) is 19.3 Å². The van der Waals surface area contributed by atoms with Gasteiger partial charge in [-0.1, -0.05) is 19.3 Å². The maximum atomic E-state index is 15.3. The van der Waals surface area contributed by atoms with Gasteiger partial charge in [-0.25, -0.2) is 4.39 Å². The average Bonchev–Trinajstić information content (AvgIpc) is 2.49. The van der Waals surface area contributed by atoms with Crippen LogP contribution in [-0.2, 0) is 9.47 Å². The minimum absolute atomic E-state index is 0.00892. The molecule has 3 rings (SSSR count). The smallest absolute Gasteiger partial charge is 0.112 e. The summed E-state index contributed by atoms with van der Waals surface area (Å²) in [5.41, 5.74) is -1.13. The molecule has 0 radical (unpaired) electrons. The number of ether oxygens (including phenoxy) is 2. The van der Waals surface area contributed by atoms with Crippen LogP contribution in [0.4, 0.5) is 4.39 Å². The predicted octanol–water partition coefficient (Wildman–Crippen LogP) is 3.22. The summed E-state index contributed by atoms with van der Waals surface area (Å²) in [6.45, 7) is 4.78. The first-order valence-corrected chi connectivity index (χ1v) is 8.74. The quantitative estimate of drug-likeness (QED) is 0.868. The highest BCUT2D eigenvalue weighted by molar-refractivity contribution is 4.97. The number of morpholine rings is 1. The van der Waals surface area contributed by atoms with E-state index in [0.29, 0.717) is 13.0 Å². The SMILES string of the molecule is CC(F)(CC1COCCN1)C1CCOC2(CCCCC2)C1. The molecule has 1 spiro atoms. The van der Waals surface area contributed by atoms with Crippen molar-refractivity contribution in [3.63, 3.8) is 0 Å². The van der Waals surface area contributed by atoms with Gasteiger partial charge in [-0.15, -0.1) is 0 Å². The van der Waals surface area contributed by atoms with Crippen LogP contribution in [0.2, 0.25) is 0 Å². The predicted molar refractivity (Wildman–Crippen MR) is 81.2 cm³/mol. The molecule has 3 atom stereocenters. The molecular formula is C17H30FNO2. The Morgan fingerprint density at radius 2 is 2.05 bits per heavy atom. The molecule has 1 aliphatic carbocycles. The molecule has 2 saturated heterocycles. The maximum absolute atomic E-state index is 15.3. The molecular weight excluding hydrogens is 269 g/mol. The molecule has 1 N–H and O–H groups in total. The van der Waals surface area contributed by atoms with Gasteiger partial charge in [-0.05, 0) is 44.9 Å². The molecule has 0 aromatic heterocycles. The Hall–Kier alpha value is -0.190. The molecule has 3 fully saturated rings. The van der Waals surface area contributed by atoms with Gasteiger partial charge in [0.1, 0.15) is 5.67 Å². The van der Waals surface area contributed by atoms with Gasteiger partial charge in [-0.3, -0.25) is 0 Å². The van der Waals surface area contributed by atoms with E-state index in [4.69, 9.17) is 9.47 Å². The van der Waals surface area contributed by atoms with Crippen LogP contribution in [0.1, 0.15) is 58.3 Å². The Balaban J connectivity index is 1.60. The molecule has 3 aliphatic rings. The molecule has 2 heterocycles. The summed E-state index contributed by atoms with van der Waals surface area (Å²) < 4.78 is 26.9.